The molecule has 1 heterocycles. The van der Waals surface area contributed by atoms with Gasteiger partial charge in [-0.3, -0.25) is 9.69 Å². The molecule has 0 aromatic carbocycles. The average molecular weight is 283 g/mol. The van der Waals surface area contributed by atoms with Crippen LogP contribution in [0.2, 0.25) is 0 Å². The zero-order valence-electron chi connectivity index (χ0n) is 12.4. The van der Waals surface area contributed by atoms with Crippen molar-refractivity contribution in [1.29, 1.82) is 0 Å². The van der Waals surface area contributed by atoms with Crippen molar-refractivity contribution in [3.8, 4) is 0 Å². The minimum absolute atomic E-state index is 0.118. The third-order valence-corrected chi connectivity index (χ3v) is 4.66. The highest BCUT2D eigenvalue weighted by atomic mass is 16.4. The van der Waals surface area contributed by atoms with Crippen molar-refractivity contribution in [1.82, 2.24) is 15.1 Å². The normalized spacial score (nSPS) is 23.9. The zero-order valence-corrected chi connectivity index (χ0v) is 12.4. The van der Waals surface area contributed by atoms with E-state index < -0.39 is 11.4 Å². The molecule has 114 valence electrons. The molecule has 0 aromatic heterocycles. The van der Waals surface area contributed by atoms with E-state index in [4.69, 9.17) is 5.11 Å². The Bertz CT molecular complexity index is 378. The maximum absolute atomic E-state index is 12.1. The molecule has 2 rings (SSSR count). The maximum Gasteiger partial charge on any atom is 0.317 e. The third kappa shape index (κ3) is 3.06. The lowest BCUT2D eigenvalue weighted by molar-refractivity contribution is -0.143. The van der Waals surface area contributed by atoms with Crippen LogP contribution in [0.1, 0.15) is 33.1 Å². The summed E-state index contributed by atoms with van der Waals surface area (Å²) < 4.78 is 0. The number of likely N-dealkylation sites (tertiary alicyclic amines) is 1. The van der Waals surface area contributed by atoms with E-state index in [2.05, 4.69) is 24.1 Å². The average Bonchev–Trinajstić information content (AvgIpc) is 3.08. The van der Waals surface area contributed by atoms with E-state index in [0.717, 1.165) is 32.6 Å². The Morgan fingerprint density at radius 2 is 2.00 bits per heavy atom. The minimum Gasteiger partial charge on any atom is -0.481 e. The Labute approximate surface area is 120 Å². The van der Waals surface area contributed by atoms with Gasteiger partial charge in [-0.2, -0.15) is 0 Å². The number of hydrogen-bond acceptors (Lipinski definition) is 3. The van der Waals surface area contributed by atoms with Crippen molar-refractivity contribution in [2.24, 2.45) is 5.41 Å². The van der Waals surface area contributed by atoms with Gasteiger partial charge in [-0.1, -0.05) is 13.8 Å². The molecule has 2 amide bonds. The highest BCUT2D eigenvalue weighted by Gasteiger charge is 2.50. The lowest BCUT2D eigenvalue weighted by Gasteiger charge is -2.26. The Kier molecular flexibility index (Phi) is 4.52. The first-order valence-corrected chi connectivity index (χ1v) is 7.52. The van der Waals surface area contributed by atoms with Crippen LogP contribution >= 0.6 is 0 Å². The van der Waals surface area contributed by atoms with Gasteiger partial charge in [0.15, 0.2) is 0 Å². The van der Waals surface area contributed by atoms with Crippen LogP contribution in [0, 0.1) is 5.41 Å². The van der Waals surface area contributed by atoms with Gasteiger partial charge in [-0.25, -0.2) is 4.79 Å². The summed E-state index contributed by atoms with van der Waals surface area (Å²) in [6, 6.07) is 0.317. The van der Waals surface area contributed by atoms with Gasteiger partial charge >= 0.3 is 12.0 Å². The van der Waals surface area contributed by atoms with Gasteiger partial charge in [0.2, 0.25) is 0 Å². The van der Waals surface area contributed by atoms with Crippen molar-refractivity contribution in [2.45, 2.75) is 39.2 Å². The van der Waals surface area contributed by atoms with E-state index in [1.165, 1.54) is 0 Å². The number of hydrogen-bond donors (Lipinski definition) is 2. The monoisotopic (exact) mass is 283 g/mol. The second-order valence-electron chi connectivity index (χ2n) is 5.85. The van der Waals surface area contributed by atoms with Crippen molar-refractivity contribution < 1.29 is 14.7 Å². The Morgan fingerprint density at radius 1 is 1.35 bits per heavy atom. The molecule has 1 aliphatic carbocycles. The molecule has 20 heavy (non-hydrogen) atoms. The number of amides is 2. The molecule has 0 radical (unpaired) electrons. The van der Waals surface area contributed by atoms with E-state index in [9.17, 15) is 9.59 Å². The van der Waals surface area contributed by atoms with E-state index in [0.29, 0.717) is 18.9 Å². The Morgan fingerprint density at radius 3 is 2.50 bits per heavy atom. The topological polar surface area (TPSA) is 72.9 Å². The molecule has 0 bridgehead atoms. The SMILES string of the molecule is CCN(CC)C1CCN(C(=O)NCC2(C(=O)O)CC2)C1. The molecule has 2 N–H and O–H groups in total. The van der Waals surface area contributed by atoms with Crippen molar-refractivity contribution in [3.63, 3.8) is 0 Å². The lowest BCUT2D eigenvalue weighted by Crippen LogP contribution is -2.44. The minimum atomic E-state index is -0.791. The molecular weight excluding hydrogens is 258 g/mol. The first kappa shape index (κ1) is 15.1. The highest BCUT2D eigenvalue weighted by Crippen LogP contribution is 2.45. The van der Waals surface area contributed by atoms with Crippen molar-refractivity contribution >= 4 is 12.0 Å². The number of carbonyl (C=O) groups is 2. The molecule has 1 aliphatic heterocycles. The summed E-state index contributed by atoms with van der Waals surface area (Å²) in [4.78, 5) is 27.3. The molecule has 1 saturated heterocycles. The lowest BCUT2D eigenvalue weighted by atomic mass is 10.1. The maximum atomic E-state index is 12.1. The summed E-state index contributed by atoms with van der Waals surface area (Å²) in [6.45, 7) is 8.03. The van der Waals surface area contributed by atoms with E-state index in [1.54, 1.807) is 4.90 Å². The number of likely N-dealkylation sites (N-methyl/N-ethyl adjacent to an activating group) is 1. The Hall–Kier alpha value is -1.30. The quantitative estimate of drug-likeness (QED) is 0.762. The Balaban J connectivity index is 1.78. The molecule has 2 fully saturated rings. The number of nitrogens with zero attached hydrogens (tertiary/aromatic N) is 2. The fraction of sp³-hybridized carbons (Fsp3) is 0.857. The number of carbonyl (C=O) groups excluding carboxylic acids is 1. The van der Waals surface area contributed by atoms with Crippen LogP contribution in [-0.2, 0) is 4.79 Å². The molecule has 1 unspecified atom stereocenters. The van der Waals surface area contributed by atoms with Gasteiger partial charge in [0, 0.05) is 25.7 Å². The van der Waals surface area contributed by atoms with E-state index in [-0.39, 0.29) is 12.6 Å². The molecular formula is C14H25N3O3. The smallest absolute Gasteiger partial charge is 0.317 e. The first-order chi connectivity index (χ1) is 9.52. The van der Waals surface area contributed by atoms with Crippen LogP contribution in [-0.4, -0.2) is 65.7 Å². The molecule has 6 nitrogen and oxygen atoms in total. The fourth-order valence-corrected chi connectivity index (χ4v) is 2.94. The summed E-state index contributed by atoms with van der Waals surface area (Å²) in [5.74, 6) is -0.791. The predicted molar refractivity (Wildman–Crippen MR) is 75.6 cm³/mol. The van der Waals surface area contributed by atoms with Crippen LogP contribution in [0.3, 0.4) is 0 Å². The fourth-order valence-electron chi connectivity index (χ4n) is 2.94. The zero-order chi connectivity index (χ0) is 14.8. The van der Waals surface area contributed by atoms with Crippen LogP contribution < -0.4 is 5.32 Å². The van der Waals surface area contributed by atoms with Gasteiger partial charge < -0.3 is 15.3 Å². The third-order valence-electron chi connectivity index (χ3n) is 4.66. The predicted octanol–water partition coefficient (Wildman–Crippen LogP) is 0.977. The number of aliphatic carboxylic acids is 1. The summed E-state index contributed by atoms with van der Waals surface area (Å²) in [7, 11) is 0. The number of nitrogens with one attached hydrogen (secondary N) is 1. The largest absolute Gasteiger partial charge is 0.481 e. The van der Waals surface area contributed by atoms with Crippen LogP contribution in [0.5, 0.6) is 0 Å². The summed E-state index contributed by atoms with van der Waals surface area (Å²) in [5.41, 5.74) is -0.687. The first-order valence-electron chi connectivity index (χ1n) is 7.52. The van der Waals surface area contributed by atoms with Crippen LogP contribution in [0.15, 0.2) is 0 Å². The second-order valence-corrected chi connectivity index (χ2v) is 5.85. The van der Waals surface area contributed by atoms with Gasteiger partial charge in [-0.05, 0) is 32.4 Å². The molecule has 1 saturated carbocycles. The molecule has 2 aliphatic rings. The molecule has 0 spiro atoms. The molecule has 6 heteroatoms. The van der Waals surface area contributed by atoms with Gasteiger partial charge in [-0.15, -0.1) is 0 Å². The van der Waals surface area contributed by atoms with Crippen molar-refractivity contribution in [2.75, 3.05) is 32.7 Å². The number of carboxylic acid groups (broad SMARTS) is 1. The van der Waals surface area contributed by atoms with Crippen LogP contribution in [0.25, 0.3) is 0 Å². The summed E-state index contributed by atoms with van der Waals surface area (Å²) in [5, 5.41) is 11.9. The standard InChI is InChI=1S/C14H25N3O3/c1-3-16(4-2)11-5-8-17(9-11)13(20)15-10-14(6-7-14)12(18)19/h11H,3-10H2,1-2H3,(H,15,20)(H,18,19). The summed E-state index contributed by atoms with van der Waals surface area (Å²) in [6.07, 6.45) is 2.34. The molecule has 0 aromatic rings. The second kappa shape index (κ2) is 5.99. The molecule has 1 atom stereocenters. The highest BCUT2D eigenvalue weighted by molar-refractivity contribution is 5.80. The number of carboxylic acids is 1. The number of urea groups is 1. The van der Waals surface area contributed by atoms with Gasteiger partial charge in [0.25, 0.3) is 0 Å². The van der Waals surface area contributed by atoms with Gasteiger partial charge in [0.1, 0.15) is 0 Å². The van der Waals surface area contributed by atoms with Crippen molar-refractivity contribution in [3.05, 3.63) is 0 Å². The number of rotatable bonds is 6. The van der Waals surface area contributed by atoms with Crippen LogP contribution in [0.4, 0.5) is 4.79 Å². The van der Waals surface area contributed by atoms with Gasteiger partial charge in [0.05, 0.1) is 5.41 Å². The summed E-state index contributed by atoms with van der Waals surface area (Å²) >= 11 is 0. The van der Waals surface area contributed by atoms with E-state index in [1.807, 2.05) is 0 Å². The van der Waals surface area contributed by atoms with E-state index >= 15 is 0 Å².